The van der Waals surface area contributed by atoms with Crippen molar-refractivity contribution in [2.45, 2.75) is 24.1 Å². The SMILES string of the molecule is COCc1nc(CSc2nnc(CN)n2C)no1. The molecule has 0 atom stereocenters. The number of hydrogen-bond acceptors (Lipinski definition) is 8. The summed E-state index contributed by atoms with van der Waals surface area (Å²) in [4.78, 5) is 4.17. The minimum Gasteiger partial charge on any atom is -0.375 e. The molecule has 0 radical (unpaired) electrons. The predicted octanol–water partition coefficient (Wildman–Crippen LogP) is 0.0955. The zero-order valence-corrected chi connectivity index (χ0v) is 11.0. The van der Waals surface area contributed by atoms with Crippen LogP contribution in [0.25, 0.3) is 0 Å². The van der Waals surface area contributed by atoms with Crippen LogP contribution in [0.5, 0.6) is 0 Å². The summed E-state index contributed by atoms with van der Waals surface area (Å²) in [5.41, 5.74) is 5.52. The second-order valence-corrected chi connectivity index (χ2v) is 4.43. The van der Waals surface area contributed by atoms with E-state index in [1.165, 1.54) is 11.8 Å². The third kappa shape index (κ3) is 2.86. The first-order valence-electron chi connectivity index (χ1n) is 5.26. The largest absolute Gasteiger partial charge is 0.375 e. The van der Waals surface area contributed by atoms with Crippen LogP contribution in [0.4, 0.5) is 0 Å². The van der Waals surface area contributed by atoms with Gasteiger partial charge in [-0.25, -0.2) is 0 Å². The molecule has 0 spiro atoms. The molecule has 0 amide bonds. The Labute approximate surface area is 108 Å². The van der Waals surface area contributed by atoms with Gasteiger partial charge in [-0.15, -0.1) is 10.2 Å². The van der Waals surface area contributed by atoms with E-state index in [9.17, 15) is 0 Å². The number of nitrogens with zero attached hydrogens (tertiary/aromatic N) is 5. The molecule has 2 N–H and O–H groups in total. The lowest BCUT2D eigenvalue weighted by Gasteiger charge is -1.99. The molecule has 0 saturated carbocycles. The molecule has 0 bridgehead atoms. The molecule has 2 aromatic heterocycles. The molecule has 2 rings (SSSR count). The zero-order valence-electron chi connectivity index (χ0n) is 10.2. The number of rotatable bonds is 6. The molecule has 0 aliphatic carbocycles. The van der Waals surface area contributed by atoms with Crippen molar-refractivity contribution in [3.05, 3.63) is 17.5 Å². The van der Waals surface area contributed by atoms with Crippen LogP contribution in [0, 0.1) is 0 Å². The Morgan fingerprint density at radius 2 is 2.28 bits per heavy atom. The van der Waals surface area contributed by atoms with Crippen LogP contribution in [-0.4, -0.2) is 32.0 Å². The second-order valence-electron chi connectivity index (χ2n) is 3.49. The maximum absolute atomic E-state index is 5.52. The standard InChI is InChI=1S/C9H14N6O2S/c1-15-7(3-10)12-13-9(15)18-5-6-11-8(4-16-2)17-14-6/h3-5,10H2,1-2H3. The van der Waals surface area contributed by atoms with Gasteiger partial charge in [0.2, 0.25) is 0 Å². The Morgan fingerprint density at radius 3 is 2.94 bits per heavy atom. The van der Waals surface area contributed by atoms with Crippen molar-refractivity contribution in [3.63, 3.8) is 0 Å². The van der Waals surface area contributed by atoms with E-state index in [0.717, 1.165) is 11.0 Å². The minimum absolute atomic E-state index is 0.318. The van der Waals surface area contributed by atoms with Crippen molar-refractivity contribution in [2.24, 2.45) is 12.8 Å². The Bertz CT molecular complexity index is 511. The maximum Gasteiger partial charge on any atom is 0.252 e. The highest BCUT2D eigenvalue weighted by atomic mass is 32.2. The summed E-state index contributed by atoms with van der Waals surface area (Å²) in [5.74, 6) is 2.37. The van der Waals surface area contributed by atoms with Gasteiger partial charge in [-0.2, -0.15) is 4.98 Å². The van der Waals surface area contributed by atoms with Crippen molar-refractivity contribution < 1.29 is 9.26 Å². The fourth-order valence-corrected chi connectivity index (χ4v) is 2.08. The molecule has 0 aliphatic rings. The van der Waals surface area contributed by atoms with Gasteiger partial charge in [-0.1, -0.05) is 16.9 Å². The molecule has 18 heavy (non-hydrogen) atoms. The molecular formula is C9H14N6O2S. The summed E-state index contributed by atoms with van der Waals surface area (Å²) in [5, 5.41) is 12.6. The molecule has 0 aliphatic heterocycles. The Morgan fingerprint density at radius 1 is 1.44 bits per heavy atom. The molecule has 9 heteroatoms. The summed E-state index contributed by atoms with van der Waals surface area (Å²) in [6.45, 7) is 0.684. The molecule has 0 unspecified atom stereocenters. The quantitative estimate of drug-likeness (QED) is 0.737. The Hall–Kier alpha value is -1.45. The van der Waals surface area contributed by atoms with E-state index in [-0.39, 0.29) is 0 Å². The maximum atomic E-state index is 5.52. The average molecular weight is 270 g/mol. The highest BCUT2D eigenvalue weighted by Crippen LogP contribution is 2.19. The van der Waals surface area contributed by atoms with E-state index in [0.29, 0.717) is 30.6 Å². The van der Waals surface area contributed by atoms with Crippen LogP contribution in [0.2, 0.25) is 0 Å². The van der Waals surface area contributed by atoms with Gasteiger partial charge in [-0.05, 0) is 0 Å². The van der Waals surface area contributed by atoms with Crippen molar-refractivity contribution in [1.82, 2.24) is 24.9 Å². The van der Waals surface area contributed by atoms with Crippen LogP contribution in [0.1, 0.15) is 17.5 Å². The summed E-state index contributed by atoms with van der Waals surface area (Å²) < 4.78 is 11.7. The number of thioether (sulfide) groups is 1. The van der Waals surface area contributed by atoms with Crippen LogP contribution in [0.3, 0.4) is 0 Å². The predicted molar refractivity (Wildman–Crippen MR) is 63.5 cm³/mol. The topological polar surface area (TPSA) is 105 Å². The minimum atomic E-state index is 0.318. The summed E-state index contributed by atoms with van der Waals surface area (Å²) >= 11 is 1.48. The third-order valence-electron chi connectivity index (χ3n) is 2.22. The van der Waals surface area contributed by atoms with Gasteiger partial charge >= 0.3 is 0 Å². The molecular weight excluding hydrogens is 256 g/mol. The Balaban J connectivity index is 1.95. The zero-order chi connectivity index (χ0) is 13.0. The highest BCUT2D eigenvalue weighted by molar-refractivity contribution is 7.98. The van der Waals surface area contributed by atoms with Gasteiger partial charge in [0.15, 0.2) is 11.0 Å². The first kappa shape index (κ1) is 13.0. The van der Waals surface area contributed by atoms with E-state index in [1.807, 2.05) is 11.6 Å². The van der Waals surface area contributed by atoms with Gasteiger partial charge < -0.3 is 19.6 Å². The normalized spacial score (nSPS) is 11.1. The van der Waals surface area contributed by atoms with E-state index >= 15 is 0 Å². The van der Waals surface area contributed by atoms with Crippen molar-refractivity contribution >= 4 is 11.8 Å². The highest BCUT2D eigenvalue weighted by Gasteiger charge is 2.11. The smallest absolute Gasteiger partial charge is 0.252 e. The van der Waals surface area contributed by atoms with Gasteiger partial charge in [0.25, 0.3) is 5.89 Å². The van der Waals surface area contributed by atoms with Gasteiger partial charge in [0.05, 0.1) is 12.3 Å². The molecule has 0 aromatic carbocycles. The molecule has 2 heterocycles. The molecule has 8 nitrogen and oxygen atoms in total. The van der Waals surface area contributed by atoms with Crippen molar-refractivity contribution in [2.75, 3.05) is 7.11 Å². The number of hydrogen-bond donors (Lipinski definition) is 1. The second kappa shape index (κ2) is 5.94. The van der Waals surface area contributed by atoms with Crippen molar-refractivity contribution in [3.8, 4) is 0 Å². The Kier molecular flexibility index (Phi) is 4.28. The molecule has 2 aromatic rings. The number of nitrogens with two attached hydrogens (primary N) is 1. The van der Waals surface area contributed by atoms with Gasteiger partial charge in [0, 0.05) is 14.2 Å². The van der Waals surface area contributed by atoms with E-state index < -0.39 is 0 Å². The van der Waals surface area contributed by atoms with Crippen LogP contribution in [0.15, 0.2) is 9.68 Å². The lowest BCUT2D eigenvalue weighted by molar-refractivity contribution is 0.151. The lowest BCUT2D eigenvalue weighted by atomic mass is 10.6. The van der Waals surface area contributed by atoms with Crippen molar-refractivity contribution in [1.29, 1.82) is 0 Å². The number of aromatic nitrogens is 5. The summed E-state index contributed by atoms with van der Waals surface area (Å²) in [6.07, 6.45) is 0. The van der Waals surface area contributed by atoms with Crippen LogP contribution >= 0.6 is 11.8 Å². The van der Waals surface area contributed by atoms with Gasteiger partial charge in [-0.3, -0.25) is 0 Å². The summed E-state index contributed by atoms with van der Waals surface area (Å²) in [6, 6.07) is 0. The van der Waals surface area contributed by atoms with E-state index in [1.54, 1.807) is 7.11 Å². The number of methoxy groups -OCH3 is 1. The van der Waals surface area contributed by atoms with Crippen LogP contribution < -0.4 is 5.73 Å². The van der Waals surface area contributed by atoms with E-state index in [2.05, 4.69) is 20.3 Å². The molecule has 0 fully saturated rings. The van der Waals surface area contributed by atoms with Crippen LogP contribution in [-0.2, 0) is 30.7 Å². The average Bonchev–Trinajstić information content (AvgIpc) is 2.94. The molecule has 0 saturated heterocycles. The first-order valence-corrected chi connectivity index (χ1v) is 6.24. The monoisotopic (exact) mass is 270 g/mol. The van der Waals surface area contributed by atoms with E-state index in [4.69, 9.17) is 15.0 Å². The molecule has 98 valence electrons. The first-order chi connectivity index (χ1) is 8.74. The fraction of sp³-hybridized carbons (Fsp3) is 0.556. The number of ether oxygens (including phenoxy) is 1. The van der Waals surface area contributed by atoms with Gasteiger partial charge in [0.1, 0.15) is 12.4 Å². The fourth-order valence-electron chi connectivity index (χ4n) is 1.31. The third-order valence-corrected chi connectivity index (χ3v) is 3.23. The summed E-state index contributed by atoms with van der Waals surface area (Å²) in [7, 11) is 3.45. The lowest BCUT2D eigenvalue weighted by Crippen LogP contribution is -2.05.